The Morgan fingerprint density at radius 1 is 1.19 bits per heavy atom. The summed E-state index contributed by atoms with van der Waals surface area (Å²) in [6.07, 6.45) is 3.97. The average Bonchev–Trinajstić information content (AvgIpc) is 2.52. The summed E-state index contributed by atoms with van der Waals surface area (Å²) in [5.74, 6) is 0.353. The summed E-state index contributed by atoms with van der Waals surface area (Å²) in [6.45, 7) is 2.73. The second-order valence-electron chi connectivity index (χ2n) is 4.32. The molecule has 0 radical (unpaired) electrons. The smallest absolute Gasteiger partial charge is 0.244 e. The van der Waals surface area contributed by atoms with Crippen molar-refractivity contribution in [3.8, 4) is 0 Å². The largest absolute Gasteiger partial charge is 0.369 e. The maximum atomic E-state index is 12.4. The fraction of sp³-hybridized carbons (Fsp3) is 0.308. The van der Waals surface area contributed by atoms with Crippen LogP contribution >= 0.6 is 0 Å². The van der Waals surface area contributed by atoms with Gasteiger partial charge in [0.25, 0.3) is 0 Å². The van der Waals surface area contributed by atoms with Crippen LogP contribution in [-0.4, -0.2) is 30.1 Å². The monoisotopic (exact) mass is 307 g/mol. The van der Waals surface area contributed by atoms with Crippen molar-refractivity contribution in [3.05, 3.63) is 42.4 Å². The van der Waals surface area contributed by atoms with Crippen molar-refractivity contribution in [2.24, 2.45) is 0 Å². The van der Waals surface area contributed by atoms with E-state index in [0.717, 1.165) is 6.42 Å². The number of pyridine rings is 1. The van der Waals surface area contributed by atoms with E-state index in [9.17, 15) is 8.42 Å². The first-order valence-electron chi connectivity index (χ1n) is 6.58. The molecule has 0 aromatic carbocycles. The molecule has 0 bridgehead atoms. The molecule has 2 rings (SSSR count). The SMILES string of the molecule is CCCNc1ncccc1S(=O)(=O)NCc1cccnn1. The van der Waals surface area contributed by atoms with E-state index in [1.54, 1.807) is 24.4 Å². The molecular formula is C13H17N5O2S. The van der Waals surface area contributed by atoms with Crippen LogP contribution in [0.15, 0.2) is 41.6 Å². The molecule has 0 aliphatic heterocycles. The number of hydrogen-bond acceptors (Lipinski definition) is 6. The number of sulfonamides is 1. The lowest BCUT2D eigenvalue weighted by Gasteiger charge is -2.11. The molecule has 0 saturated carbocycles. The first kappa shape index (κ1) is 15.3. The van der Waals surface area contributed by atoms with E-state index < -0.39 is 10.0 Å². The Balaban J connectivity index is 2.15. The summed E-state index contributed by atoms with van der Waals surface area (Å²) < 4.78 is 27.2. The summed E-state index contributed by atoms with van der Waals surface area (Å²) >= 11 is 0. The lowest BCUT2D eigenvalue weighted by atomic mass is 10.4. The van der Waals surface area contributed by atoms with Gasteiger partial charge in [-0.15, -0.1) is 0 Å². The zero-order chi connectivity index (χ0) is 15.1. The molecule has 0 amide bonds. The van der Waals surface area contributed by atoms with E-state index in [2.05, 4.69) is 25.2 Å². The number of aromatic nitrogens is 3. The molecule has 2 aromatic rings. The maximum absolute atomic E-state index is 12.4. The van der Waals surface area contributed by atoms with E-state index in [1.807, 2.05) is 6.92 Å². The minimum Gasteiger partial charge on any atom is -0.369 e. The zero-order valence-corrected chi connectivity index (χ0v) is 12.5. The van der Waals surface area contributed by atoms with Gasteiger partial charge in [-0.3, -0.25) is 0 Å². The van der Waals surface area contributed by atoms with Crippen LogP contribution in [0.5, 0.6) is 0 Å². The van der Waals surface area contributed by atoms with Gasteiger partial charge in [0.15, 0.2) is 0 Å². The summed E-state index contributed by atoms with van der Waals surface area (Å²) in [7, 11) is -3.66. The molecule has 0 spiro atoms. The van der Waals surface area contributed by atoms with Crippen LogP contribution in [0, 0.1) is 0 Å². The van der Waals surface area contributed by atoms with Gasteiger partial charge in [-0.1, -0.05) is 6.92 Å². The van der Waals surface area contributed by atoms with Gasteiger partial charge in [-0.05, 0) is 30.7 Å². The third-order valence-electron chi connectivity index (χ3n) is 2.67. The van der Waals surface area contributed by atoms with E-state index >= 15 is 0 Å². The van der Waals surface area contributed by atoms with E-state index in [1.165, 1.54) is 12.3 Å². The van der Waals surface area contributed by atoms with Crippen molar-refractivity contribution in [3.63, 3.8) is 0 Å². The quantitative estimate of drug-likeness (QED) is 0.797. The van der Waals surface area contributed by atoms with Crippen LogP contribution < -0.4 is 10.0 Å². The highest BCUT2D eigenvalue weighted by Gasteiger charge is 2.19. The third-order valence-corrected chi connectivity index (χ3v) is 4.11. The van der Waals surface area contributed by atoms with Gasteiger partial charge in [0.05, 0.1) is 12.2 Å². The Kier molecular flexibility index (Phi) is 5.18. The van der Waals surface area contributed by atoms with Gasteiger partial charge < -0.3 is 5.32 Å². The van der Waals surface area contributed by atoms with Gasteiger partial charge in [0.1, 0.15) is 10.7 Å². The van der Waals surface area contributed by atoms with Gasteiger partial charge in [-0.25, -0.2) is 18.1 Å². The van der Waals surface area contributed by atoms with Crippen molar-refractivity contribution in [1.29, 1.82) is 0 Å². The minimum atomic E-state index is -3.66. The zero-order valence-electron chi connectivity index (χ0n) is 11.7. The van der Waals surface area contributed by atoms with Gasteiger partial charge in [0.2, 0.25) is 10.0 Å². The van der Waals surface area contributed by atoms with Crippen LogP contribution in [0.3, 0.4) is 0 Å². The van der Waals surface area contributed by atoms with Crippen LogP contribution in [0.4, 0.5) is 5.82 Å². The van der Waals surface area contributed by atoms with Crippen LogP contribution in [0.25, 0.3) is 0 Å². The molecular weight excluding hydrogens is 290 g/mol. The Bertz CT molecular complexity index is 676. The van der Waals surface area contributed by atoms with Crippen LogP contribution in [0.2, 0.25) is 0 Å². The summed E-state index contributed by atoms with van der Waals surface area (Å²) in [4.78, 5) is 4.21. The molecule has 0 fully saturated rings. The maximum Gasteiger partial charge on any atom is 0.244 e. The number of nitrogens with one attached hydrogen (secondary N) is 2. The Morgan fingerprint density at radius 2 is 2.00 bits per heavy atom. The standard InChI is InChI=1S/C13H17N5O2S/c1-2-7-14-13-12(6-4-8-15-13)21(19,20)17-10-11-5-3-9-16-18-11/h3-6,8-9,17H,2,7,10H2,1H3,(H,14,15). The molecule has 0 aliphatic carbocycles. The van der Waals surface area contributed by atoms with Crippen LogP contribution in [-0.2, 0) is 16.6 Å². The molecule has 8 heteroatoms. The fourth-order valence-corrected chi connectivity index (χ4v) is 2.79. The Morgan fingerprint density at radius 3 is 2.71 bits per heavy atom. The summed E-state index contributed by atoms with van der Waals surface area (Å²) in [5.41, 5.74) is 0.549. The lowest BCUT2D eigenvalue weighted by molar-refractivity contribution is 0.580. The summed E-state index contributed by atoms with van der Waals surface area (Å²) in [6, 6.07) is 6.52. The third kappa shape index (κ3) is 4.20. The molecule has 112 valence electrons. The van der Waals surface area contributed by atoms with Crippen molar-refractivity contribution < 1.29 is 8.42 Å². The van der Waals surface area contributed by atoms with Crippen molar-refractivity contribution >= 4 is 15.8 Å². The van der Waals surface area contributed by atoms with Gasteiger partial charge in [-0.2, -0.15) is 10.2 Å². The predicted molar refractivity (Wildman–Crippen MR) is 79.1 cm³/mol. The topological polar surface area (TPSA) is 96.9 Å². The predicted octanol–water partition coefficient (Wildman–Crippen LogP) is 1.17. The van der Waals surface area contributed by atoms with Gasteiger partial charge >= 0.3 is 0 Å². The first-order chi connectivity index (χ1) is 10.1. The molecule has 2 heterocycles. The minimum absolute atomic E-state index is 0.0816. The van der Waals surface area contributed by atoms with Crippen molar-refractivity contribution in [2.45, 2.75) is 24.8 Å². The highest BCUT2D eigenvalue weighted by Crippen LogP contribution is 2.17. The Labute approximate surface area is 123 Å². The highest BCUT2D eigenvalue weighted by atomic mass is 32.2. The second-order valence-corrected chi connectivity index (χ2v) is 6.05. The number of hydrogen-bond donors (Lipinski definition) is 2. The van der Waals surface area contributed by atoms with E-state index in [4.69, 9.17) is 0 Å². The molecule has 2 N–H and O–H groups in total. The van der Waals surface area contributed by atoms with Crippen molar-refractivity contribution in [2.75, 3.05) is 11.9 Å². The fourth-order valence-electron chi connectivity index (χ4n) is 1.66. The van der Waals surface area contributed by atoms with Gasteiger partial charge in [0, 0.05) is 18.9 Å². The average molecular weight is 307 g/mol. The number of rotatable bonds is 7. The second kappa shape index (κ2) is 7.09. The Hall–Kier alpha value is -2.06. The highest BCUT2D eigenvalue weighted by molar-refractivity contribution is 7.89. The van der Waals surface area contributed by atoms with Crippen molar-refractivity contribution in [1.82, 2.24) is 19.9 Å². The van der Waals surface area contributed by atoms with E-state index in [0.29, 0.717) is 18.1 Å². The molecule has 7 nitrogen and oxygen atoms in total. The molecule has 21 heavy (non-hydrogen) atoms. The number of anilines is 1. The first-order valence-corrected chi connectivity index (χ1v) is 8.07. The summed E-state index contributed by atoms with van der Waals surface area (Å²) in [5, 5.41) is 10.6. The van der Waals surface area contributed by atoms with Crippen LogP contribution in [0.1, 0.15) is 19.0 Å². The molecule has 0 aliphatic rings. The molecule has 0 unspecified atom stereocenters. The number of nitrogens with zero attached hydrogens (tertiary/aromatic N) is 3. The molecule has 2 aromatic heterocycles. The normalized spacial score (nSPS) is 11.3. The molecule has 0 atom stereocenters. The molecule has 0 saturated heterocycles. The van der Waals surface area contributed by atoms with E-state index in [-0.39, 0.29) is 11.4 Å². The lowest BCUT2D eigenvalue weighted by Crippen LogP contribution is -2.25.